The predicted octanol–water partition coefficient (Wildman–Crippen LogP) is 5.26. The van der Waals surface area contributed by atoms with Gasteiger partial charge in [0.05, 0.1) is 17.5 Å². The van der Waals surface area contributed by atoms with E-state index in [1.165, 1.54) is 37.0 Å². The number of hydrogen-bond donors (Lipinski definition) is 0. The maximum absolute atomic E-state index is 6.09. The van der Waals surface area contributed by atoms with Gasteiger partial charge in [0.2, 0.25) is 0 Å². The second-order valence-corrected chi connectivity index (χ2v) is 5.73. The van der Waals surface area contributed by atoms with Crippen molar-refractivity contribution in [1.82, 2.24) is 0 Å². The topological polar surface area (TPSA) is 11.3 Å². The van der Waals surface area contributed by atoms with Crippen LogP contribution in [0.15, 0.2) is 45.3 Å². The maximum atomic E-state index is 6.09. The summed E-state index contributed by atoms with van der Waals surface area (Å²) >= 11 is 3.46. The molecular formula is C16H16BrO+. The van der Waals surface area contributed by atoms with E-state index in [-0.39, 0.29) is 0 Å². The number of benzene rings is 1. The lowest BCUT2D eigenvalue weighted by molar-refractivity contribution is 0.497. The molecule has 1 aliphatic carbocycles. The first-order valence-corrected chi connectivity index (χ1v) is 7.33. The second-order valence-electron chi connectivity index (χ2n) is 4.82. The Kier molecular flexibility index (Phi) is 3.46. The molecule has 1 heterocycles. The Morgan fingerprint density at radius 3 is 2.44 bits per heavy atom. The summed E-state index contributed by atoms with van der Waals surface area (Å²) < 4.78 is 7.19. The SMILES string of the molecule is Brc1ccc(-c2ccc3c([o+]2)CCCCC3)cc1. The van der Waals surface area contributed by atoms with Gasteiger partial charge in [-0.05, 0) is 49.6 Å². The predicted molar refractivity (Wildman–Crippen MR) is 77.5 cm³/mol. The molecule has 1 aliphatic rings. The Bertz CT molecular complexity index is 546. The second kappa shape index (κ2) is 5.23. The smallest absolute Gasteiger partial charge is 0.212 e. The zero-order valence-corrected chi connectivity index (χ0v) is 11.9. The Hall–Kier alpha value is -1.15. The molecule has 2 aromatic rings. The highest BCUT2D eigenvalue weighted by Gasteiger charge is 2.21. The van der Waals surface area contributed by atoms with Crippen LogP contribution < -0.4 is 0 Å². The standard InChI is InChI=1S/C16H16BrO/c17-14-9-6-13(7-10-14)16-11-8-12-4-2-1-3-5-15(12)18-16/h6-11H,1-5H2/q+1. The van der Waals surface area contributed by atoms with Crippen LogP contribution in [-0.2, 0) is 12.8 Å². The minimum atomic E-state index is 0.975. The van der Waals surface area contributed by atoms with E-state index in [0.717, 1.165) is 22.2 Å². The van der Waals surface area contributed by atoms with Crippen LogP contribution in [0.25, 0.3) is 11.3 Å². The first kappa shape index (κ1) is 11.9. The fraction of sp³-hybridized carbons (Fsp3) is 0.312. The van der Waals surface area contributed by atoms with Gasteiger partial charge in [-0.2, -0.15) is 0 Å². The molecule has 92 valence electrons. The minimum Gasteiger partial charge on any atom is -0.212 e. The van der Waals surface area contributed by atoms with Crippen LogP contribution in [0.3, 0.4) is 0 Å². The van der Waals surface area contributed by atoms with E-state index >= 15 is 0 Å². The van der Waals surface area contributed by atoms with Crippen molar-refractivity contribution >= 4 is 15.9 Å². The Labute approximate surface area is 116 Å². The molecule has 0 amide bonds. The number of hydrogen-bond acceptors (Lipinski definition) is 0. The van der Waals surface area contributed by atoms with Crippen LogP contribution in [0, 0.1) is 0 Å². The highest BCUT2D eigenvalue weighted by molar-refractivity contribution is 9.10. The number of fused-ring (bicyclic) bond motifs is 1. The van der Waals surface area contributed by atoms with E-state index in [4.69, 9.17) is 4.42 Å². The molecule has 0 saturated carbocycles. The Balaban J connectivity index is 1.98. The summed E-state index contributed by atoms with van der Waals surface area (Å²) in [6.07, 6.45) is 6.11. The lowest BCUT2D eigenvalue weighted by Crippen LogP contribution is -1.91. The van der Waals surface area contributed by atoms with E-state index in [9.17, 15) is 0 Å². The summed E-state index contributed by atoms with van der Waals surface area (Å²) in [4.78, 5) is 0. The van der Waals surface area contributed by atoms with Crippen LogP contribution in [0.5, 0.6) is 0 Å². The van der Waals surface area contributed by atoms with Gasteiger partial charge in [0, 0.05) is 10.5 Å². The molecule has 2 heteroatoms. The molecule has 0 unspecified atom stereocenters. The van der Waals surface area contributed by atoms with Gasteiger partial charge in [0.15, 0.2) is 0 Å². The normalized spacial score (nSPS) is 14.9. The minimum absolute atomic E-state index is 0.975. The fourth-order valence-electron chi connectivity index (χ4n) is 2.48. The average molecular weight is 304 g/mol. The van der Waals surface area contributed by atoms with Crippen LogP contribution in [0.1, 0.15) is 30.6 Å². The molecule has 1 nitrogen and oxygen atoms in total. The van der Waals surface area contributed by atoms with Crippen molar-refractivity contribution in [2.75, 3.05) is 0 Å². The van der Waals surface area contributed by atoms with Gasteiger partial charge in [-0.25, -0.2) is 4.42 Å². The largest absolute Gasteiger partial charge is 0.360 e. The van der Waals surface area contributed by atoms with Crippen LogP contribution in [-0.4, -0.2) is 0 Å². The van der Waals surface area contributed by atoms with Gasteiger partial charge in [-0.15, -0.1) is 0 Å². The van der Waals surface area contributed by atoms with E-state index < -0.39 is 0 Å². The summed E-state index contributed by atoms with van der Waals surface area (Å²) in [5, 5.41) is 0. The van der Waals surface area contributed by atoms with Crippen molar-refractivity contribution in [2.24, 2.45) is 0 Å². The zero-order valence-electron chi connectivity index (χ0n) is 10.3. The molecule has 0 N–H and O–H groups in total. The van der Waals surface area contributed by atoms with Gasteiger partial charge >= 0.3 is 11.5 Å². The highest BCUT2D eigenvalue weighted by Crippen LogP contribution is 2.27. The van der Waals surface area contributed by atoms with Crippen molar-refractivity contribution in [3.05, 3.63) is 52.2 Å². The highest BCUT2D eigenvalue weighted by atomic mass is 79.9. The summed E-state index contributed by atoms with van der Waals surface area (Å²) in [5.41, 5.74) is 2.54. The van der Waals surface area contributed by atoms with Crippen LogP contribution in [0.4, 0.5) is 0 Å². The average Bonchev–Trinajstić information content (AvgIpc) is 2.64. The lowest BCUT2D eigenvalue weighted by Gasteiger charge is -1.97. The number of rotatable bonds is 1. The monoisotopic (exact) mass is 303 g/mol. The molecule has 1 aromatic heterocycles. The Morgan fingerprint density at radius 2 is 1.61 bits per heavy atom. The third-order valence-electron chi connectivity index (χ3n) is 3.51. The molecule has 0 radical (unpaired) electrons. The maximum Gasteiger partial charge on any atom is 0.360 e. The van der Waals surface area contributed by atoms with Gasteiger partial charge < -0.3 is 0 Å². The van der Waals surface area contributed by atoms with Gasteiger partial charge in [-0.1, -0.05) is 22.4 Å². The molecule has 3 rings (SSSR count). The molecular weight excluding hydrogens is 288 g/mol. The van der Waals surface area contributed by atoms with Gasteiger partial charge in [0.25, 0.3) is 0 Å². The lowest BCUT2D eigenvalue weighted by atomic mass is 10.1. The molecule has 0 atom stereocenters. The molecule has 1 aromatic carbocycles. The van der Waals surface area contributed by atoms with Crippen molar-refractivity contribution in [2.45, 2.75) is 32.1 Å². The van der Waals surface area contributed by atoms with Crippen molar-refractivity contribution in [1.29, 1.82) is 0 Å². The van der Waals surface area contributed by atoms with Crippen LogP contribution >= 0.6 is 15.9 Å². The molecule has 18 heavy (non-hydrogen) atoms. The fourth-order valence-corrected chi connectivity index (χ4v) is 2.75. The first-order valence-electron chi connectivity index (χ1n) is 6.54. The molecule has 0 fully saturated rings. The summed E-state index contributed by atoms with van der Waals surface area (Å²) in [6, 6.07) is 12.6. The quantitative estimate of drug-likeness (QED) is 0.517. The number of aryl methyl sites for hydroxylation is 2. The number of halogens is 1. The van der Waals surface area contributed by atoms with Crippen molar-refractivity contribution < 1.29 is 4.42 Å². The zero-order chi connectivity index (χ0) is 12.4. The van der Waals surface area contributed by atoms with E-state index in [2.05, 4.69) is 52.3 Å². The van der Waals surface area contributed by atoms with E-state index in [1.54, 1.807) is 0 Å². The third kappa shape index (κ3) is 2.49. The molecule has 0 spiro atoms. The first-order chi connectivity index (χ1) is 8.83. The Morgan fingerprint density at radius 1 is 0.833 bits per heavy atom. The molecule has 0 bridgehead atoms. The van der Waals surface area contributed by atoms with Gasteiger partial charge in [0.1, 0.15) is 0 Å². The summed E-state index contributed by atoms with van der Waals surface area (Å²) in [7, 11) is 0. The molecule has 0 aliphatic heterocycles. The summed E-state index contributed by atoms with van der Waals surface area (Å²) in [5.74, 6) is 2.16. The summed E-state index contributed by atoms with van der Waals surface area (Å²) in [6.45, 7) is 0. The molecule has 0 saturated heterocycles. The van der Waals surface area contributed by atoms with Crippen molar-refractivity contribution in [3.8, 4) is 11.3 Å². The van der Waals surface area contributed by atoms with E-state index in [1.807, 2.05) is 0 Å². The van der Waals surface area contributed by atoms with Crippen molar-refractivity contribution in [3.63, 3.8) is 0 Å². The van der Waals surface area contributed by atoms with E-state index in [0.29, 0.717) is 0 Å². The van der Waals surface area contributed by atoms with Gasteiger partial charge in [-0.3, -0.25) is 0 Å². The third-order valence-corrected chi connectivity index (χ3v) is 4.03. The van der Waals surface area contributed by atoms with Crippen LogP contribution in [0.2, 0.25) is 0 Å².